The maximum absolute atomic E-state index is 10.7. The van der Waals surface area contributed by atoms with Gasteiger partial charge in [0.15, 0.2) is 0 Å². The fraction of sp³-hybridized carbons (Fsp3) is 0.222. The van der Waals surface area contributed by atoms with E-state index in [9.17, 15) is 5.11 Å². The standard InChI is InChI=1S/C18H18O2S/c1-2-11-20-15-9-5-4-8-14(15)18(19)17-12-13-7-3-6-10-16(13)21-17/h3-10,12,18-19H,2,11H2,1H3. The predicted molar refractivity (Wildman–Crippen MR) is 88.1 cm³/mol. The summed E-state index contributed by atoms with van der Waals surface area (Å²) in [5, 5.41) is 11.9. The molecule has 1 aromatic heterocycles. The normalized spacial score (nSPS) is 12.5. The van der Waals surface area contributed by atoms with Crippen LogP contribution in [0.4, 0.5) is 0 Å². The fourth-order valence-electron chi connectivity index (χ4n) is 2.34. The van der Waals surface area contributed by atoms with Crippen molar-refractivity contribution in [2.45, 2.75) is 19.4 Å². The van der Waals surface area contributed by atoms with Crippen LogP contribution in [0.1, 0.15) is 29.9 Å². The third-order valence-electron chi connectivity index (χ3n) is 3.39. The number of thiophene rings is 1. The number of ether oxygens (including phenoxy) is 1. The van der Waals surface area contributed by atoms with Crippen LogP contribution in [0.3, 0.4) is 0 Å². The quantitative estimate of drug-likeness (QED) is 0.735. The van der Waals surface area contributed by atoms with Gasteiger partial charge >= 0.3 is 0 Å². The van der Waals surface area contributed by atoms with Crippen LogP contribution in [0, 0.1) is 0 Å². The second kappa shape index (κ2) is 6.29. The van der Waals surface area contributed by atoms with E-state index in [1.165, 1.54) is 10.1 Å². The second-order valence-corrected chi connectivity index (χ2v) is 6.09. The number of hydrogen-bond acceptors (Lipinski definition) is 3. The van der Waals surface area contributed by atoms with Gasteiger partial charge in [-0.2, -0.15) is 0 Å². The third kappa shape index (κ3) is 2.94. The molecule has 3 heteroatoms. The van der Waals surface area contributed by atoms with Crippen molar-refractivity contribution in [1.29, 1.82) is 0 Å². The Hall–Kier alpha value is -1.84. The molecule has 1 unspecified atom stereocenters. The molecule has 0 saturated carbocycles. The highest BCUT2D eigenvalue weighted by atomic mass is 32.1. The van der Waals surface area contributed by atoms with E-state index in [-0.39, 0.29) is 0 Å². The van der Waals surface area contributed by atoms with E-state index in [4.69, 9.17) is 4.74 Å². The zero-order valence-electron chi connectivity index (χ0n) is 12.0. The van der Waals surface area contributed by atoms with Crippen LogP contribution in [0.2, 0.25) is 0 Å². The molecule has 0 bridgehead atoms. The molecule has 2 aromatic carbocycles. The first-order valence-corrected chi connectivity index (χ1v) is 7.99. The van der Waals surface area contributed by atoms with E-state index in [1.54, 1.807) is 11.3 Å². The molecule has 0 fully saturated rings. The highest BCUT2D eigenvalue weighted by molar-refractivity contribution is 7.19. The lowest BCUT2D eigenvalue weighted by Gasteiger charge is -2.14. The summed E-state index contributed by atoms with van der Waals surface area (Å²) in [5.41, 5.74) is 0.831. The van der Waals surface area contributed by atoms with Crippen molar-refractivity contribution in [2.75, 3.05) is 6.61 Å². The number of hydrogen-bond donors (Lipinski definition) is 1. The summed E-state index contributed by atoms with van der Waals surface area (Å²) in [5.74, 6) is 0.768. The summed E-state index contributed by atoms with van der Waals surface area (Å²) in [6.45, 7) is 2.74. The first-order chi connectivity index (χ1) is 10.3. The second-order valence-electron chi connectivity index (χ2n) is 4.98. The number of fused-ring (bicyclic) bond motifs is 1. The van der Waals surface area contributed by atoms with Crippen molar-refractivity contribution < 1.29 is 9.84 Å². The molecule has 0 saturated heterocycles. The van der Waals surface area contributed by atoms with Crippen molar-refractivity contribution in [3.8, 4) is 5.75 Å². The lowest BCUT2D eigenvalue weighted by Crippen LogP contribution is -2.03. The molecule has 0 amide bonds. The Morgan fingerprint density at radius 1 is 1.10 bits per heavy atom. The number of aliphatic hydroxyl groups excluding tert-OH is 1. The van der Waals surface area contributed by atoms with Crippen LogP contribution >= 0.6 is 11.3 Å². The number of rotatable bonds is 5. The van der Waals surface area contributed by atoms with Gasteiger partial charge in [-0.15, -0.1) is 11.3 Å². The number of benzene rings is 2. The Morgan fingerprint density at radius 3 is 2.67 bits per heavy atom. The monoisotopic (exact) mass is 298 g/mol. The minimum atomic E-state index is -0.643. The highest BCUT2D eigenvalue weighted by Crippen LogP contribution is 2.36. The predicted octanol–water partition coefficient (Wildman–Crippen LogP) is 4.77. The van der Waals surface area contributed by atoms with Gasteiger partial charge in [0.25, 0.3) is 0 Å². The number of para-hydroxylation sites is 1. The third-order valence-corrected chi connectivity index (χ3v) is 4.56. The minimum absolute atomic E-state index is 0.643. The molecule has 0 aliphatic heterocycles. The van der Waals surface area contributed by atoms with Crippen molar-refractivity contribution in [3.05, 3.63) is 65.0 Å². The summed E-state index contributed by atoms with van der Waals surface area (Å²) in [6.07, 6.45) is 0.309. The first kappa shape index (κ1) is 14.1. The molecule has 21 heavy (non-hydrogen) atoms. The Bertz CT molecular complexity index is 700. The van der Waals surface area contributed by atoms with Gasteiger partial charge in [-0.25, -0.2) is 0 Å². The van der Waals surface area contributed by atoms with Gasteiger partial charge < -0.3 is 9.84 Å². The zero-order chi connectivity index (χ0) is 14.7. The average Bonchev–Trinajstić information content (AvgIpc) is 2.96. The maximum Gasteiger partial charge on any atom is 0.125 e. The Morgan fingerprint density at radius 2 is 1.86 bits per heavy atom. The fourth-order valence-corrected chi connectivity index (χ4v) is 3.41. The van der Waals surface area contributed by atoms with Gasteiger partial charge in [0.1, 0.15) is 11.9 Å². The van der Waals surface area contributed by atoms with E-state index < -0.39 is 6.10 Å². The molecule has 0 aliphatic carbocycles. The smallest absolute Gasteiger partial charge is 0.125 e. The van der Waals surface area contributed by atoms with E-state index >= 15 is 0 Å². The summed E-state index contributed by atoms with van der Waals surface area (Å²) in [6, 6.07) is 18.0. The van der Waals surface area contributed by atoms with Crippen LogP contribution in [-0.4, -0.2) is 11.7 Å². The molecule has 1 N–H and O–H groups in total. The van der Waals surface area contributed by atoms with Crippen LogP contribution in [0.5, 0.6) is 5.75 Å². The first-order valence-electron chi connectivity index (χ1n) is 7.18. The van der Waals surface area contributed by atoms with Crippen molar-refractivity contribution in [2.24, 2.45) is 0 Å². The molecule has 0 aliphatic rings. The lowest BCUT2D eigenvalue weighted by molar-refractivity contribution is 0.214. The number of aliphatic hydroxyl groups is 1. The molecular weight excluding hydrogens is 280 g/mol. The average molecular weight is 298 g/mol. The molecule has 108 valence electrons. The van der Waals surface area contributed by atoms with Crippen molar-refractivity contribution in [3.63, 3.8) is 0 Å². The van der Waals surface area contributed by atoms with Gasteiger partial charge in [0.05, 0.1) is 6.61 Å². The Kier molecular flexibility index (Phi) is 4.23. The largest absolute Gasteiger partial charge is 0.493 e. The van der Waals surface area contributed by atoms with Crippen molar-refractivity contribution in [1.82, 2.24) is 0 Å². The Balaban J connectivity index is 1.95. The molecule has 3 aromatic rings. The van der Waals surface area contributed by atoms with Crippen LogP contribution in [0.25, 0.3) is 10.1 Å². The minimum Gasteiger partial charge on any atom is -0.493 e. The van der Waals surface area contributed by atoms with Crippen LogP contribution < -0.4 is 4.74 Å². The van der Waals surface area contributed by atoms with Gasteiger partial charge in [0.2, 0.25) is 0 Å². The van der Waals surface area contributed by atoms with Crippen molar-refractivity contribution >= 4 is 21.4 Å². The molecule has 2 nitrogen and oxygen atoms in total. The van der Waals surface area contributed by atoms with Gasteiger partial charge in [0, 0.05) is 15.1 Å². The van der Waals surface area contributed by atoms with E-state index in [0.717, 1.165) is 22.6 Å². The van der Waals surface area contributed by atoms with E-state index in [2.05, 4.69) is 25.1 Å². The van der Waals surface area contributed by atoms with Crippen LogP contribution in [0.15, 0.2) is 54.6 Å². The summed E-state index contributed by atoms with van der Waals surface area (Å²) < 4.78 is 6.94. The topological polar surface area (TPSA) is 29.5 Å². The SMILES string of the molecule is CCCOc1ccccc1C(O)c1cc2ccccc2s1. The van der Waals surface area contributed by atoms with Gasteiger partial charge in [-0.1, -0.05) is 43.3 Å². The lowest BCUT2D eigenvalue weighted by atomic mass is 10.1. The molecule has 0 radical (unpaired) electrons. The molecule has 1 atom stereocenters. The Labute approximate surface area is 128 Å². The summed E-state index contributed by atoms with van der Waals surface area (Å²) >= 11 is 1.63. The molecule has 3 rings (SSSR count). The van der Waals surface area contributed by atoms with Crippen LogP contribution in [-0.2, 0) is 0 Å². The molecule has 1 heterocycles. The van der Waals surface area contributed by atoms with E-state index in [0.29, 0.717) is 6.61 Å². The van der Waals surface area contributed by atoms with E-state index in [1.807, 2.05) is 36.4 Å². The molecular formula is C18H18O2S. The maximum atomic E-state index is 10.7. The van der Waals surface area contributed by atoms with Gasteiger partial charge in [-0.3, -0.25) is 0 Å². The molecule has 0 spiro atoms. The zero-order valence-corrected chi connectivity index (χ0v) is 12.8. The van der Waals surface area contributed by atoms with Gasteiger partial charge in [-0.05, 0) is 30.0 Å². The summed E-state index contributed by atoms with van der Waals surface area (Å²) in [7, 11) is 0. The summed E-state index contributed by atoms with van der Waals surface area (Å²) in [4.78, 5) is 0.948. The highest BCUT2D eigenvalue weighted by Gasteiger charge is 2.17.